The highest BCUT2D eigenvalue weighted by atomic mass is 35.5. The molecule has 1 spiro atoms. The van der Waals surface area contributed by atoms with E-state index in [1.165, 1.54) is 5.56 Å². The Morgan fingerprint density at radius 1 is 1.27 bits per heavy atom. The van der Waals surface area contributed by atoms with Gasteiger partial charge in [0.25, 0.3) is 0 Å². The molecule has 0 aliphatic carbocycles. The van der Waals surface area contributed by atoms with Crippen LogP contribution in [0, 0.1) is 0 Å². The van der Waals surface area contributed by atoms with Gasteiger partial charge in [-0.25, -0.2) is 0 Å². The fourth-order valence-electron chi connectivity index (χ4n) is 3.40. The van der Waals surface area contributed by atoms with Gasteiger partial charge in [0.05, 0.1) is 0 Å². The second kappa shape index (κ2) is 6.26. The summed E-state index contributed by atoms with van der Waals surface area (Å²) in [6, 6.07) is 10.1. The number of rotatable bonds is 3. The number of nitrogens with one attached hydrogen (secondary N) is 1. The molecule has 2 heterocycles. The van der Waals surface area contributed by atoms with E-state index in [2.05, 4.69) is 22.3 Å². The molecule has 1 atom stereocenters. The molecule has 2 fully saturated rings. The van der Waals surface area contributed by atoms with E-state index in [0.717, 1.165) is 13.0 Å². The minimum absolute atomic E-state index is 0.0236. The van der Waals surface area contributed by atoms with Gasteiger partial charge >= 0.3 is 0 Å². The Hall–Kier alpha value is -1.59. The van der Waals surface area contributed by atoms with Crippen molar-refractivity contribution in [3.8, 4) is 0 Å². The second-order valence-electron chi connectivity index (χ2n) is 5.89. The Morgan fingerprint density at radius 2 is 2.05 bits per heavy atom. The third kappa shape index (κ3) is 2.71. The molecular formula is C16H20ClN3O2. The highest BCUT2D eigenvalue weighted by Crippen LogP contribution is 2.30. The number of carbonyl (C=O) groups excluding carboxylic acids is 2. The molecule has 118 valence electrons. The van der Waals surface area contributed by atoms with E-state index in [1.807, 2.05) is 18.2 Å². The fourth-order valence-corrected chi connectivity index (χ4v) is 3.56. The zero-order chi connectivity index (χ0) is 15.6. The fraction of sp³-hybridized carbons (Fsp3) is 0.500. The van der Waals surface area contributed by atoms with Crippen molar-refractivity contribution < 1.29 is 9.59 Å². The standard InChI is InChI=1S/C16H20ClN3O2/c17-10-14(21)19-8-9-20(11-13-4-2-1-3-5-13)16(12-19)6-7-18-15(16)22/h1-5H,6-12H2,(H,18,22). The monoisotopic (exact) mass is 321 g/mol. The van der Waals surface area contributed by atoms with Gasteiger partial charge in [0.15, 0.2) is 0 Å². The first-order chi connectivity index (χ1) is 10.7. The predicted octanol–water partition coefficient (Wildman–Crippen LogP) is 0.828. The molecule has 22 heavy (non-hydrogen) atoms. The third-order valence-electron chi connectivity index (χ3n) is 4.63. The Kier molecular flexibility index (Phi) is 4.36. The maximum Gasteiger partial charge on any atom is 0.242 e. The lowest BCUT2D eigenvalue weighted by Crippen LogP contribution is -2.66. The number of piperazine rings is 1. The van der Waals surface area contributed by atoms with Crippen LogP contribution >= 0.6 is 11.6 Å². The van der Waals surface area contributed by atoms with Gasteiger partial charge in [0.1, 0.15) is 11.4 Å². The normalized spacial score (nSPS) is 25.5. The summed E-state index contributed by atoms with van der Waals surface area (Å²) in [5.74, 6) is -0.105. The van der Waals surface area contributed by atoms with Crippen molar-refractivity contribution in [2.75, 3.05) is 32.1 Å². The number of halogens is 1. The molecule has 0 aromatic heterocycles. The smallest absolute Gasteiger partial charge is 0.242 e. The van der Waals surface area contributed by atoms with E-state index in [-0.39, 0.29) is 17.7 Å². The van der Waals surface area contributed by atoms with E-state index in [1.54, 1.807) is 4.90 Å². The van der Waals surface area contributed by atoms with E-state index in [4.69, 9.17) is 11.6 Å². The zero-order valence-corrected chi connectivity index (χ0v) is 13.2. The molecule has 2 aliphatic rings. The molecule has 1 unspecified atom stereocenters. The molecule has 5 nitrogen and oxygen atoms in total. The summed E-state index contributed by atoms with van der Waals surface area (Å²) in [7, 11) is 0. The maximum absolute atomic E-state index is 12.5. The van der Waals surface area contributed by atoms with Gasteiger partial charge in [-0.05, 0) is 12.0 Å². The number of carbonyl (C=O) groups is 2. The summed E-state index contributed by atoms with van der Waals surface area (Å²) < 4.78 is 0. The van der Waals surface area contributed by atoms with E-state index < -0.39 is 5.54 Å². The summed E-state index contributed by atoms with van der Waals surface area (Å²) >= 11 is 5.68. The molecule has 2 aliphatic heterocycles. The number of alkyl halides is 1. The van der Waals surface area contributed by atoms with Gasteiger partial charge in [-0.1, -0.05) is 30.3 Å². The van der Waals surface area contributed by atoms with Crippen LogP contribution in [0.25, 0.3) is 0 Å². The number of amides is 2. The highest BCUT2D eigenvalue weighted by molar-refractivity contribution is 6.27. The third-order valence-corrected chi connectivity index (χ3v) is 4.86. The van der Waals surface area contributed by atoms with Crippen LogP contribution in [0.15, 0.2) is 30.3 Å². The van der Waals surface area contributed by atoms with Crippen molar-refractivity contribution in [2.24, 2.45) is 0 Å². The largest absolute Gasteiger partial charge is 0.354 e. The lowest BCUT2D eigenvalue weighted by molar-refractivity contribution is -0.142. The molecule has 0 radical (unpaired) electrons. The van der Waals surface area contributed by atoms with Gasteiger partial charge in [-0.2, -0.15) is 0 Å². The van der Waals surface area contributed by atoms with Crippen LogP contribution in [0.3, 0.4) is 0 Å². The highest BCUT2D eigenvalue weighted by Gasteiger charge is 2.51. The molecule has 0 saturated carbocycles. The Morgan fingerprint density at radius 3 is 2.68 bits per heavy atom. The predicted molar refractivity (Wildman–Crippen MR) is 84.5 cm³/mol. The van der Waals surface area contributed by atoms with Gasteiger partial charge in [-0.15, -0.1) is 11.6 Å². The summed E-state index contributed by atoms with van der Waals surface area (Å²) in [4.78, 5) is 28.3. The average Bonchev–Trinajstić information content (AvgIpc) is 2.91. The number of benzene rings is 1. The molecule has 2 saturated heterocycles. The van der Waals surface area contributed by atoms with Crippen LogP contribution in [0.2, 0.25) is 0 Å². The summed E-state index contributed by atoms with van der Waals surface area (Å²) in [6.07, 6.45) is 0.727. The van der Waals surface area contributed by atoms with Crippen molar-refractivity contribution >= 4 is 23.4 Å². The summed E-state index contributed by atoms with van der Waals surface area (Å²) in [5, 5.41) is 2.92. The second-order valence-corrected chi connectivity index (χ2v) is 6.16. The Labute approximate surface area is 135 Å². The van der Waals surface area contributed by atoms with Crippen LogP contribution in [-0.2, 0) is 16.1 Å². The van der Waals surface area contributed by atoms with Crippen molar-refractivity contribution in [1.82, 2.24) is 15.1 Å². The zero-order valence-electron chi connectivity index (χ0n) is 12.4. The van der Waals surface area contributed by atoms with Gasteiger partial charge < -0.3 is 10.2 Å². The number of hydrogen-bond donors (Lipinski definition) is 1. The van der Waals surface area contributed by atoms with Crippen LogP contribution in [0.4, 0.5) is 0 Å². The Bertz CT molecular complexity index is 566. The lowest BCUT2D eigenvalue weighted by atomic mass is 9.91. The maximum atomic E-state index is 12.5. The minimum Gasteiger partial charge on any atom is -0.354 e. The first-order valence-corrected chi connectivity index (χ1v) is 8.10. The van der Waals surface area contributed by atoms with Crippen molar-refractivity contribution in [3.63, 3.8) is 0 Å². The van der Waals surface area contributed by atoms with Gasteiger partial charge in [0, 0.05) is 32.7 Å². The first-order valence-electron chi connectivity index (χ1n) is 7.57. The molecule has 1 aromatic carbocycles. The summed E-state index contributed by atoms with van der Waals surface area (Å²) in [6.45, 7) is 3.11. The van der Waals surface area contributed by atoms with Crippen LogP contribution in [-0.4, -0.2) is 59.2 Å². The topological polar surface area (TPSA) is 52.7 Å². The molecule has 6 heteroatoms. The van der Waals surface area contributed by atoms with E-state index in [0.29, 0.717) is 26.2 Å². The van der Waals surface area contributed by atoms with Gasteiger partial charge in [0.2, 0.25) is 11.8 Å². The van der Waals surface area contributed by atoms with E-state index in [9.17, 15) is 9.59 Å². The lowest BCUT2D eigenvalue weighted by Gasteiger charge is -2.47. The molecule has 1 N–H and O–H groups in total. The van der Waals surface area contributed by atoms with Crippen molar-refractivity contribution in [3.05, 3.63) is 35.9 Å². The van der Waals surface area contributed by atoms with Crippen LogP contribution in [0.1, 0.15) is 12.0 Å². The average molecular weight is 322 g/mol. The van der Waals surface area contributed by atoms with Gasteiger partial charge in [-0.3, -0.25) is 14.5 Å². The molecule has 2 amide bonds. The molecule has 3 rings (SSSR count). The molecule has 1 aromatic rings. The number of nitrogens with zero attached hydrogens (tertiary/aromatic N) is 2. The minimum atomic E-state index is -0.615. The number of hydrogen-bond acceptors (Lipinski definition) is 3. The summed E-state index contributed by atoms with van der Waals surface area (Å²) in [5.41, 5.74) is 0.564. The SMILES string of the molecule is O=C(CCl)N1CCN(Cc2ccccc2)C2(CCNC2=O)C1. The molecular weight excluding hydrogens is 302 g/mol. The van der Waals surface area contributed by atoms with Crippen LogP contribution in [0.5, 0.6) is 0 Å². The first kappa shape index (κ1) is 15.3. The quantitative estimate of drug-likeness (QED) is 0.839. The molecule has 0 bridgehead atoms. The van der Waals surface area contributed by atoms with Crippen molar-refractivity contribution in [1.29, 1.82) is 0 Å². The van der Waals surface area contributed by atoms with Crippen LogP contribution < -0.4 is 5.32 Å². The van der Waals surface area contributed by atoms with E-state index >= 15 is 0 Å². The Balaban J connectivity index is 1.83. The van der Waals surface area contributed by atoms with Crippen molar-refractivity contribution in [2.45, 2.75) is 18.5 Å².